The molecule has 17 heavy (non-hydrogen) atoms. The third-order valence-corrected chi connectivity index (χ3v) is 2.75. The lowest BCUT2D eigenvalue weighted by atomic mass is 10.3. The van der Waals surface area contributed by atoms with Crippen LogP contribution in [0.5, 0.6) is 5.75 Å². The fourth-order valence-corrected chi connectivity index (χ4v) is 1.47. The van der Waals surface area contributed by atoms with Gasteiger partial charge >= 0.3 is 0 Å². The number of imidazole rings is 1. The molecule has 0 amide bonds. The number of nitrogens with zero attached hydrogens (tertiary/aromatic N) is 3. The third kappa shape index (κ3) is 2.75. The quantitative estimate of drug-likeness (QED) is 0.896. The van der Waals surface area contributed by atoms with Crippen molar-refractivity contribution in [3.05, 3.63) is 41.2 Å². The summed E-state index contributed by atoms with van der Waals surface area (Å²) in [6, 6.07) is 3.67. The molecular formula is C11H13ClN4O. The van der Waals surface area contributed by atoms with E-state index in [9.17, 15) is 0 Å². The van der Waals surface area contributed by atoms with Crippen molar-refractivity contribution < 1.29 is 4.74 Å². The predicted molar refractivity (Wildman–Crippen MR) is 64.7 cm³/mol. The van der Waals surface area contributed by atoms with Gasteiger partial charge in [0.05, 0.1) is 18.1 Å². The van der Waals surface area contributed by atoms with E-state index in [1.807, 2.05) is 19.2 Å². The Morgan fingerprint density at radius 3 is 2.71 bits per heavy atom. The van der Waals surface area contributed by atoms with E-state index in [0.717, 1.165) is 11.5 Å². The Balaban J connectivity index is 2.00. The standard InChI is InChI=1S/C11H13ClN4O/c1-16-10(12)6-15-11(16)7-17-9-3-2-8(4-13)14-5-9/h2-3,5-6H,4,7,13H2,1H3. The number of hydrogen-bond acceptors (Lipinski definition) is 4. The molecule has 2 rings (SSSR count). The summed E-state index contributed by atoms with van der Waals surface area (Å²) in [5, 5.41) is 0.584. The van der Waals surface area contributed by atoms with E-state index in [-0.39, 0.29) is 0 Å². The van der Waals surface area contributed by atoms with Gasteiger partial charge in [-0.3, -0.25) is 4.98 Å². The molecule has 0 radical (unpaired) electrons. The molecule has 6 heteroatoms. The zero-order chi connectivity index (χ0) is 12.3. The summed E-state index contributed by atoms with van der Waals surface area (Å²) in [6.45, 7) is 0.780. The van der Waals surface area contributed by atoms with Crippen molar-refractivity contribution in [2.24, 2.45) is 12.8 Å². The minimum atomic E-state index is 0.354. The lowest BCUT2D eigenvalue weighted by molar-refractivity contribution is 0.290. The van der Waals surface area contributed by atoms with Gasteiger partial charge in [0, 0.05) is 13.6 Å². The second-order valence-electron chi connectivity index (χ2n) is 3.53. The summed E-state index contributed by atoms with van der Waals surface area (Å²) >= 11 is 5.87. The largest absolute Gasteiger partial charge is 0.484 e. The number of pyridine rings is 1. The van der Waals surface area contributed by atoms with Gasteiger partial charge in [0.1, 0.15) is 23.3 Å². The van der Waals surface area contributed by atoms with E-state index in [2.05, 4.69) is 9.97 Å². The maximum atomic E-state index is 5.87. The first-order valence-electron chi connectivity index (χ1n) is 5.14. The highest BCUT2D eigenvalue weighted by Gasteiger charge is 2.05. The molecule has 0 aromatic carbocycles. The van der Waals surface area contributed by atoms with Crippen LogP contribution in [0.25, 0.3) is 0 Å². The molecule has 0 aliphatic carbocycles. The van der Waals surface area contributed by atoms with Gasteiger partial charge in [0.15, 0.2) is 0 Å². The Labute approximate surface area is 104 Å². The summed E-state index contributed by atoms with van der Waals surface area (Å²) in [5.41, 5.74) is 6.29. The van der Waals surface area contributed by atoms with Gasteiger partial charge in [0.2, 0.25) is 0 Å². The minimum Gasteiger partial charge on any atom is -0.484 e. The average Bonchev–Trinajstić information content (AvgIpc) is 2.68. The second kappa shape index (κ2) is 5.16. The normalized spacial score (nSPS) is 10.5. The van der Waals surface area contributed by atoms with Crippen LogP contribution in [0.15, 0.2) is 24.5 Å². The Morgan fingerprint density at radius 1 is 1.35 bits per heavy atom. The third-order valence-electron chi connectivity index (χ3n) is 2.40. The number of halogens is 1. The number of rotatable bonds is 4. The first-order chi connectivity index (χ1) is 8.20. The molecule has 2 aromatic rings. The van der Waals surface area contributed by atoms with Crippen molar-refractivity contribution in [3.8, 4) is 5.75 Å². The molecule has 0 spiro atoms. The predicted octanol–water partition coefficient (Wildman–Crippen LogP) is 1.51. The molecular weight excluding hydrogens is 240 g/mol. The Kier molecular flexibility index (Phi) is 3.61. The average molecular weight is 253 g/mol. The van der Waals surface area contributed by atoms with Gasteiger partial charge < -0.3 is 15.0 Å². The van der Waals surface area contributed by atoms with E-state index >= 15 is 0 Å². The lowest BCUT2D eigenvalue weighted by Crippen LogP contribution is -2.04. The van der Waals surface area contributed by atoms with Crippen LogP contribution in [-0.4, -0.2) is 14.5 Å². The van der Waals surface area contributed by atoms with Crippen molar-refractivity contribution in [3.63, 3.8) is 0 Å². The lowest BCUT2D eigenvalue weighted by Gasteiger charge is -2.06. The first-order valence-corrected chi connectivity index (χ1v) is 5.52. The highest BCUT2D eigenvalue weighted by molar-refractivity contribution is 6.29. The molecule has 0 aliphatic rings. The van der Waals surface area contributed by atoms with Gasteiger partial charge in [-0.25, -0.2) is 4.98 Å². The van der Waals surface area contributed by atoms with Gasteiger partial charge in [-0.15, -0.1) is 0 Å². The summed E-state index contributed by atoms with van der Waals surface area (Å²) < 4.78 is 7.31. The molecule has 0 unspecified atom stereocenters. The smallest absolute Gasteiger partial charge is 0.147 e. The first kappa shape index (κ1) is 11.9. The van der Waals surface area contributed by atoms with Crippen molar-refractivity contribution in [2.45, 2.75) is 13.2 Å². The zero-order valence-electron chi connectivity index (χ0n) is 9.43. The van der Waals surface area contributed by atoms with Gasteiger partial charge in [0.25, 0.3) is 0 Å². The van der Waals surface area contributed by atoms with E-state index in [1.54, 1.807) is 17.0 Å². The Hall–Kier alpha value is -1.59. The number of nitrogens with two attached hydrogens (primary N) is 1. The molecule has 0 fully saturated rings. The minimum absolute atomic E-state index is 0.354. The van der Waals surface area contributed by atoms with E-state index in [0.29, 0.717) is 24.1 Å². The van der Waals surface area contributed by atoms with Crippen LogP contribution >= 0.6 is 11.6 Å². The zero-order valence-corrected chi connectivity index (χ0v) is 10.2. The monoisotopic (exact) mass is 252 g/mol. The van der Waals surface area contributed by atoms with E-state index in [4.69, 9.17) is 22.1 Å². The van der Waals surface area contributed by atoms with Gasteiger partial charge in [-0.2, -0.15) is 0 Å². The Bertz CT molecular complexity index is 495. The van der Waals surface area contributed by atoms with Gasteiger partial charge in [-0.1, -0.05) is 11.6 Å². The molecule has 0 saturated carbocycles. The van der Waals surface area contributed by atoms with Crippen molar-refractivity contribution >= 4 is 11.6 Å². The molecule has 2 aromatic heterocycles. The van der Waals surface area contributed by atoms with Crippen LogP contribution in [0.1, 0.15) is 11.5 Å². The molecule has 0 bridgehead atoms. The number of aromatic nitrogens is 3. The molecule has 2 N–H and O–H groups in total. The van der Waals surface area contributed by atoms with Crippen LogP contribution in [0.3, 0.4) is 0 Å². The SMILES string of the molecule is Cn1c(Cl)cnc1COc1ccc(CN)nc1. The molecule has 0 atom stereocenters. The van der Waals surface area contributed by atoms with Crippen molar-refractivity contribution in [2.75, 3.05) is 0 Å². The molecule has 5 nitrogen and oxygen atoms in total. The molecule has 90 valence electrons. The molecule has 0 saturated heterocycles. The maximum Gasteiger partial charge on any atom is 0.147 e. The fourth-order valence-electron chi connectivity index (χ4n) is 1.32. The Morgan fingerprint density at radius 2 is 2.18 bits per heavy atom. The fraction of sp³-hybridized carbons (Fsp3) is 0.273. The number of hydrogen-bond donors (Lipinski definition) is 1. The van der Waals surface area contributed by atoms with Crippen LogP contribution < -0.4 is 10.5 Å². The summed E-state index contributed by atoms with van der Waals surface area (Å²) in [4.78, 5) is 8.26. The van der Waals surface area contributed by atoms with Gasteiger partial charge in [-0.05, 0) is 12.1 Å². The van der Waals surface area contributed by atoms with Crippen molar-refractivity contribution in [1.29, 1.82) is 0 Å². The molecule has 0 aliphatic heterocycles. The van der Waals surface area contributed by atoms with Crippen LogP contribution in [0, 0.1) is 0 Å². The van der Waals surface area contributed by atoms with Crippen LogP contribution in [0.2, 0.25) is 5.15 Å². The maximum absolute atomic E-state index is 5.87. The molecule has 2 heterocycles. The summed E-state index contributed by atoms with van der Waals surface area (Å²) in [7, 11) is 1.84. The van der Waals surface area contributed by atoms with Crippen molar-refractivity contribution in [1.82, 2.24) is 14.5 Å². The summed E-state index contributed by atoms with van der Waals surface area (Å²) in [6.07, 6.45) is 3.24. The highest BCUT2D eigenvalue weighted by Crippen LogP contribution is 2.13. The number of ether oxygens (including phenoxy) is 1. The van der Waals surface area contributed by atoms with Crippen LogP contribution in [-0.2, 0) is 20.2 Å². The van der Waals surface area contributed by atoms with E-state index < -0.39 is 0 Å². The second-order valence-corrected chi connectivity index (χ2v) is 3.92. The van der Waals surface area contributed by atoms with Crippen LogP contribution in [0.4, 0.5) is 0 Å². The highest BCUT2D eigenvalue weighted by atomic mass is 35.5. The topological polar surface area (TPSA) is 66.0 Å². The summed E-state index contributed by atoms with van der Waals surface area (Å²) in [5.74, 6) is 1.44. The van der Waals surface area contributed by atoms with E-state index in [1.165, 1.54) is 0 Å².